The molecule has 0 saturated heterocycles. The second-order valence-electron chi connectivity index (χ2n) is 5.64. The van der Waals surface area contributed by atoms with E-state index in [0.29, 0.717) is 5.82 Å². The molecule has 2 aromatic rings. The molecule has 2 N–H and O–H groups in total. The number of nitrogens with two attached hydrogens (primary N) is 1. The van der Waals surface area contributed by atoms with E-state index in [4.69, 9.17) is 10.5 Å². The largest absolute Gasteiger partial charge is 0.496 e. The van der Waals surface area contributed by atoms with Gasteiger partial charge in [-0.25, -0.2) is 4.68 Å². The molecule has 0 saturated carbocycles. The normalized spacial score (nSPS) is 11.6. The van der Waals surface area contributed by atoms with Crippen LogP contribution in [0.25, 0.3) is 5.69 Å². The molecule has 0 amide bonds. The molecule has 5 heteroatoms. The Hall–Kier alpha value is -2.04. The van der Waals surface area contributed by atoms with E-state index in [1.807, 2.05) is 25.1 Å². The molecular weight excluding hydrogens is 240 g/mol. The van der Waals surface area contributed by atoms with Crippen LogP contribution >= 0.6 is 0 Å². The van der Waals surface area contributed by atoms with Crippen molar-refractivity contribution in [2.45, 2.75) is 33.1 Å². The van der Waals surface area contributed by atoms with E-state index in [1.54, 1.807) is 11.8 Å². The van der Waals surface area contributed by atoms with Gasteiger partial charge in [-0.15, -0.1) is 5.10 Å². The lowest BCUT2D eigenvalue weighted by molar-refractivity contribution is 0.411. The van der Waals surface area contributed by atoms with Crippen molar-refractivity contribution in [3.8, 4) is 11.4 Å². The number of nitrogen functional groups attached to an aromatic ring is 1. The molecule has 0 aliphatic carbocycles. The van der Waals surface area contributed by atoms with Gasteiger partial charge in [-0.2, -0.15) is 0 Å². The van der Waals surface area contributed by atoms with E-state index < -0.39 is 0 Å². The van der Waals surface area contributed by atoms with E-state index in [0.717, 1.165) is 22.7 Å². The molecule has 1 heterocycles. The summed E-state index contributed by atoms with van der Waals surface area (Å²) in [5.74, 6) is 1.33. The van der Waals surface area contributed by atoms with Crippen LogP contribution in [0, 0.1) is 6.92 Å². The number of anilines is 1. The van der Waals surface area contributed by atoms with Crippen LogP contribution in [0.15, 0.2) is 18.2 Å². The highest BCUT2D eigenvalue weighted by molar-refractivity contribution is 5.48. The van der Waals surface area contributed by atoms with Crippen molar-refractivity contribution in [2.75, 3.05) is 12.8 Å². The summed E-state index contributed by atoms with van der Waals surface area (Å²) in [6.07, 6.45) is 0. The molecule has 0 radical (unpaired) electrons. The number of methoxy groups -OCH3 is 1. The molecule has 19 heavy (non-hydrogen) atoms. The monoisotopic (exact) mass is 260 g/mol. The van der Waals surface area contributed by atoms with Gasteiger partial charge in [0.2, 0.25) is 0 Å². The summed E-state index contributed by atoms with van der Waals surface area (Å²) < 4.78 is 7.06. The number of hydrogen-bond donors (Lipinski definition) is 1. The minimum atomic E-state index is -0.124. The molecule has 0 fully saturated rings. The number of aromatic nitrogens is 3. The average molecular weight is 260 g/mol. The second kappa shape index (κ2) is 4.57. The molecule has 1 aromatic heterocycles. The minimum Gasteiger partial charge on any atom is -0.496 e. The van der Waals surface area contributed by atoms with Crippen molar-refractivity contribution in [3.05, 3.63) is 29.5 Å². The van der Waals surface area contributed by atoms with Crippen molar-refractivity contribution < 1.29 is 4.74 Å². The van der Waals surface area contributed by atoms with Gasteiger partial charge in [-0.1, -0.05) is 26.0 Å². The number of aryl methyl sites for hydroxylation is 1. The number of ether oxygens (including phenoxy) is 1. The van der Waals surface area contributed by atoms with E-state index in [-0.39, 0.29) is 5.41 Å². The van der Waals surface area contributed by atoms with Crippen molar-refractivity contribution in [1.82, 2.24) is 15.0 Å². The predicted molar refractivity (Wildman–Crippen MR) is 75.8 cm³/mol. The van der Waals surface area contributed by atoms with Gasteiger partial charge in [0.05, 0.1) is 18.5 Å². The number of rotatable bonds is 2. The Morgan fingerprint density at radius 2 is 1.95 bits per heavy atom. The van der Waals surface area contributed by atoms with Crippen molar-refractivity contribution in [3.63, 3.8) is 0 Å². The van der Waals surface area contributed by atoms with Gasteiger partial charge < -0.3 is 10.5 Å². The van der Waals surface area contributed by atoms with Gasteiger partial charge in [0, 0.05) is 5.41 Å². The highest BCUT2D eigenvalue weighted by atomic mass is 16.5. The zero-order valence-electron chi connectivity index (χ0n) is 12.1. The molecule has 0 spiro atoms. The summed E-state index contributed by atoms with van der Waals surface area (Å²) in [5, 5.41) is 8.14. The molecule has 2 rings (SSSR count). The van der Waals surface area contributed by atoms with E-state index in [2.05, 4.69) is 31.1 Å². The Balaban J connectivity index is 2.57. The quantitative estimate of drug-likeness (QED) is 0.900. The summed E-state index contributed by atoms with van der Waals surface area (Å²) in [6.45, 7) is 8.28. The summed E-state index contributed by atoms with van der Waals surface area (Å²) in [7, 11) is 1.66. The molecule has 0 bridgehead atoms. The fourth-order valence-corrected chi connectivity index (χ4v) is 2.17. The number of benzene rings is 1. The third-order valence-corrected chi connectivity index (χ3v) is 3.03. The summed E-state index contributed by atoms with van der Waals surface area (Å²) >= 11 is 0. The van der Waals surface area contributed by atoms with Crippen LogP contribution in [0.2, 0.25) is 0 Å². The Bertz CT molecular complexity index is 596. The highest BCUT2D eigenvalue weighted by Crippen LogP contribution is 2.29. The SMILES string of the molecule is COc1ccc(-n2nnc(N)c2C(C)(C)C)cc1C. The minimum absolute atomic E-state index is 0.124. The fraction of sp³-hybridized carbons (Fsp3) is 0.429. The summed E-state index contributed by atoms with van der Waals surface area (Å²) in [4.78, 5) is 0. The highest BCUT2D eigenvalue weighted by Gasteiger charge is 2.25. The first kappa shape index (κ1) is 13.4. The summed E-state index contributed by atoms with van der Waals surface area (Å²) in [6, 6.07) is 5.90. The van der Waals surface area contributed by atoms with Gasteiger partial charge in [-0.3, -0.25) is 0 Å². The first-order valence-electron chi connectivity index (χ1n) is 6.21. The Labute approximate surface area is 113 Å². The molecule has 1 aromatic carbocycles. The fourth-order valence-electron chi connectivity index (χ4n) is 2.17. The van der Waals surface area contributed by atoms with Gasteiger partial charge in [0.25, 0.3) is 0 Å². The lowest BCUT2D eigenvalue weighted by Gasteiger charge is -2.20. The lowest BCUT2D eigenvalue weighted by Crippen LogP contribution is -2.19. The maximum Gasteiger partial charge on any atom is 0.170 e. The topological polar surface area (TPSA) is 66.0 Å². The van der Waals surface area contributed by atoms with Crippen LogP contribution in [0.4, 0.5) is 5.82 Å². The van der Waals surface area contributed by atoms with Gasteiger partial charge >= 0.3 is 0 Å². The van der Waals surface area contributed by atoms with E-state index in [9.17, 15) is 0 Å². The van der Waals surface area contributed by atoms with Crippen molar-refractivity contribution >= 4 is 5.82 Å². The third kappa shape index (κ3) is 2.41. The smallest absolute Gasteiger partial charge is 0.170 e. The van der Waals surface area contributed by atoms with Crippen molar-refractivity contribution in [1.29, 1.82) is 0 Å². The molecule has 102 valence electrons. The Morgan fingerprint density at radius 1 is 1.26 bits per heavy atom. The lowest BCUT2D eigenvalue weighted by atomic mass is 9.91. The maximum atomic E-state index is 5.94. The molecule has 5 nitrogen and oxygen atoms in total. The maximum absolute atomic E-state index is 5.94. The average Bonchev–Trinajstić information content (AvgIpc) is 2.70. The van der Waals surface area contributed by atoms with Crippen LogP contribution in [-0.4, -0.2) is 22.1 Å². The van der Waals surface area contributed by atoms with Gasteiger partial charge in [0.15, 0.2) is 5.82 Å². The molecule has 0 atom stereocenters. The van der Waals surface area contributed by atoms with Gasteiger partial charge in [0.1, 0.15) is 5.75 Å². The van der Waals surface area contributed by atoms with Crippen LogP contribution in [0.1, 0.15) is 32.0 Å². The first-order valence-corrected chi connectivity index (χ1v) is 6.21. The Kier molecular flexibility index (Phi) is 3.22. The predicted octanol–water partition coefficient (Wildman–Crippen LogP) is 2.46. The number of hydrogen-bond acceptors (Lipinski definition) is 4. The molecular formula is C14H20N4O. The number of nitrogens with zero attached hydrogens (tertiary/aromatic N) is 3. The van der Waals surface area contributed by atoms with Crippen LogP contribution < -0.4 is 10.5 Å². The third-order valence-electron chi connectivity index (χ3n) is 3.03. The zero-order chi connectivity index (χ0) is 14.2. The molecule has 0 aliphatic rings. The van der Waals surface area contributed by atoms with Crippen LogP contribution in [0.3, 0.4) is 0 Å². The van der Waals surface area contributed by atoms with E-state index >= 15 is 0 Å². The van der Waals surface area contributed by atoms with Crippen molar-refractivity contribution in [2.24, 2.45) is 0 Å². The van der Waals surface area contributed by atoms with Gasteiger partial charge in [-0.05, 0) is 30.7 Å². The second-order valence-corrected chi connectivity index (χ2v) is 5.64. The van der Waals surface area contributed by atoms with Crippen LogP contribution in [-0.2, 0) is 5.41 Å². The first-order chi connectivity index (χ1) is 8.84. The molecule has 0 unspecified atom stereocenters. The van der Waals surface area contributed by atoms with Crippen LogP contribution in [0.5, 0.6) is 5.75 Å². The molecule has 0 aliphatic heterocycles. The standard InChI is InChI=1S/C14H20N4O/c1-9-8-10(6-7-11(9)19-5)18-12(14(2,3)4)13(15)16-17-18/h6-8H,15H2,1-5H3. The Morgan fingerprint density at radius 3 is 2.47 bits per heavy atom. The zero-order valence-corrected chi connectivity index (χ0v) is 12.1. The summed E-state index contributed by atoms with van der Waals surface area (Å²) in [5.41, 5.74) is 8.72. The van der Waals surface area contributed by atoms with E-state index in [1.165, 1.54) is 0 Å².